The summed E-state index contributed by atoms with van der Waals surface area (Å²) in [4.78, 5) is 28.9. The normalized spacial score (nSPS) is 22.2. The zero-order valence-electron chi connectivity index (χ0n) is 20.4. The van der Waals surface area contributed by atoms with Gasteiger partial charge in [-0.25, -0.2) is 8.42 Å². The molecule has 40 heavy (non-hydrogen) atoms. The van der Waals surface area contributed by atoms with E-state index in [9.17, 15) is 53.1 Å². The summed E-state index contributed by atoms with van der Waals surface area (Å²) in [5.41, 5.74) is -5.44. The first kappa shape index (κ1) is 31.0. The van der Waals surface area contributed by atoms with Gasteiger partial charge in [-0.1, -0.05) is 18.2 Å². The fourth-order valence-corrected chi connectivity index (χ4v) is 4.86. The molecule has 1 aliphatic heterocycles. The standard InChI is InChI=1S/C23H21F8N3O5S/c1-40(37,38)11-18(35)33-10-16-15(17-7-6-14(9-32-17)39-20(24)25)8-21(23(29,30)31,34-19(16)36)12-2-4-13(5-3-12)22(26,27)28/h2,4-7,9,12,20H,3,8,10-11H2,1H3,(H,33,35)(H,34,36)/t12?,21-/m1/s1. The number of halogens is 8. The lowest BCUT2D eigenvalue weighted by Crippen LogP contribution is -2.65. The van der Waals surface area contributed by atoms with E-state index >= 15 is 0 Å². The van der Waals surface area contributed by atoms with Gasteiger partial charge in [0.1, 0.15) is 17.0 Å². The molecule has 0 radical (unpaired) electrons. The zero-order chi connectivity index (χ0) is 30.1. The van der Waals surface area contributed by atoms with Crippen LogP contribution in [0.3, 0.4) is 0 Å². The van der Waals surface area contributed by atoms with Crippen LogP contribution in [-0.4, -0.2) is 68.3 Å². The maximum absolute atomic E-state index is 14.6. The van der Waals surface area contributed by atoms with E-state index < -0.39 is 99.7 Å². The Bertz CT molecular complexity index is 1350. The van der Waals surface area contributed by atoms with E-state index in [-0.39, 0.29) is 5.69 Å². The van der Waals surface area contributed by atoms with Crippen molar-refractivity contribution in [2.75, 3.05) is 18.6 Å². The Balaban J connectivity index is 2.07. The maximum Gasteiger partial charge on any atom is 0.416 e. The van der Waals surface area contributed by atoms with E-state index in [1.807, 2.05) is 5.32 Å². The lowest BCUT2D eigenvalue weighted by molar-refractivity contribution is -0.208. The number of hydrogen-bond acceptors (Lipinski definition) is 6. The molecule has 17 heteroatoms. The monoisotopic (exact) mass is 603 g/mol. The molecule has 220 valence electrons. The van der Waals surface area contributed by atoms with Gasteiger partial charge in [-0.15, -0.1) is 0 Å². The van der Waals surface area contributed by atoms with Crippen LogP contribution in [-0.2, 0) is 19.4 Å². The molecule has 2 atom stereocenters. The molecule has 0 bridgehead atoms. The molecule has 8 nitrogen and oxygen atoms in total. The summed E-state index contributed by atoms with van der Waals surface area (Å²) < 4.78 is 135. The van der Waals surface area contributed by atoms with Crippen LogP contribution in [0.4, 0.5) is 35.1 Å². The summed E-state index contributed by atoms with van der Waals surface area (Å²) >= 11 is 0. The molecule has 0 saturated heterocycles. The third-order valence-corrected chi connectivity index (χ3v) is 6.91. The summed E-state index contributed by atoms with van der Waals surface area (Å²) in [6, 6.07) is 1.94. The van der Waals surface area contributed by atoms with Crippen LogP contribution in [0.1, 0.15) is 18.5 Å². The molecule has 1 aromatic rings. The second-order valence-corrected chi connectivity index (χ2v) is 11.2. The number of pyridine rings is 1. The number of nitrogens with zero attached hydrogens (tertiary/aromatic N) is 1. The van der Waals surface area contributed by atoms with Gasteiger partial charge >= 0.3 is 19.0 Å². The molecule has 1 unspecified atom stereocenters. The molecule has 2 amide bonds. The minimum atomic E-state index is -5.21. The highest BCUT2D eigenvalue weighted by Gasteiger charge is 2.62. The summed E-state index contributed by atoms with van der Waals surface area (Å²) in [5.74, 6) is -5.55. The molecule has 0 saturated carbocycles. The molecule has 0 fully saturated rings. The first-order valence-corrected chi connectivity index (χ1v) is 13.3. The van der Waals surface area contributed by atoms with Gasteiger partial charge in [0, 0.05) is 30.7 Å². The average Bonchev–Trinajstić information content (AvgIpc) is 2.80. The number of carbonyl (C=O) groups is 2. The van der Waals surface area contributed by atoms with Crippen LogP contribution in [0.25, 0.3) is 5.57 Å². The van der Waals surface area contributed by atoms with Gasteiger partial charge in [-0.05, 0) is 24.1 Å². The predicted octanol–water partition coefficient (Wildman–Crippen LogP) is 3.48. The molecule has 0 aromatic carbocycles. The number of sulfone groups is 1. The van der Waals surface area contributed by atoms with Crippen molar-refractivity contribution < 1.29 is 57.9 Å². The Hall–Kier alpha value is -3.50. The van der Waals surface area contributed by atoms with Crippen LogP contribution in [0, 0.1) is 5.92 Å². The first-order valence-electron chi connectivity index (χ1n) is 11.2. The van der Waals surface area contributed by atoms with Crippen molar-refractivity contribution in [3.8, 4) is 5.75 Å². The Morgan fingerprint density at radius 2 is 1.90 bits per heavy atom. The number of amides is 2. The molecule has 2 heterocycles. The molecule has 0 spiro atoms. The maximum atomic E-state index is 14.6. The third-order valence-electron chi connectivity index (χ3n) is 6.12. The molecular weight excluding hydrogens is 582 g/mol. The molecular formula is C23H21F8N3O5S. The number of carbonyl (C=O) groups excluding carboxylic acids is 2. The van der Waals surface area contributed by atoms with Crippen molar-refractivity contribution in [1.29, 1.82) is 0 Å². The summed E-state index contributed by atoms with van der Waals surface area (Å²) in [6.45, 7) is -3.97. The van der Waals surface area contributed by atoms with Crippen molar-refractivity contribution in [3.05, 3.63) is 53.4 Å². The van der Waals surface area contributed by atoms with Crippen molar-refractivity contribution in [1.82, 2.24) is 15.6 Å². The zero-order valence-corrected chi connectivity index (χ0v) is 21.2. The van der Waals surface area contributed by atoms with Gasteiger partial charge in [0.15, 0.2) is 9.84 Å². The number of aromatic nitrogens is 1. The van der Waals surface area contributed by atoms with E-state index in [0.717, 1.165) is 24.6 Å². The fraction of sp³-hybridized carbons (Fsp3) is 0.435. The SMILES string of the molecule is CS(=O)(=O)CC(=O)NCC1=C(c2ccc(OC(F)F)cn2)C[C@@](C2C=CC(C(F)(F)F)=CC2)(C(F)(F)F)NC1=O. The largest absolute Gasteiger partial charge is 0.433 e. The number of alkyl halides is 8. The van der Waals surface area contributed by atoms with Crippen LogP contribution in [0.5, 0.6) is 5.75 Å². The second kappa shape index (κ2) is 11.2. The lowest BCUT2D eigenvalue weighted by Gasteiger charge is -2.45. The number of ether oxygens (including phenoxy) is 1. The lowest BCUT2D eigenvalue weighted by atomic mass is 9.71. The number of allylic oxidation sites excluding steroid dienone is 3. The van der Waals surface area contributed by atoms with E-state index in [1.54, 1.807) is 0 Å². The van der Waals surface area contributed by atoms with Gasteiger partial charge in [-0.2, -0.15) is 35.1 Å². The third kappa shape index (κ3) is 7.17. The summed E-state index contributed by atoms with van der Waals surface area (Å²) in [7, 11) is -3.80. The van der Waals surface area contributed by atoms with Gasteiger partial charge in [-0.3, -0.25) is 14.6 Å². The highest BCUT2D eigenvalue weighted by molar-refractivity contribution is 7.91. The molecule has 1 aromatic heterocycles. The van der Waals surface area contributed by atoms with Crippen LogP contribution >= 0.6 is 0 Å². The number of rotatable bonds is 8. The Kier molecular flexibility index (Phi) is 8.67. The topological polar surface area (TPSA) is 114 Å². The molecule has 3 rings (SSSR count). The minimum Gasteiger partial charge on any atom is -0.433 e. The minimum absolute atomic E-state index is 0.302. The van der Waals surface area contributed by atoms with Gasteiger partial charge in [0.2, 0.25) is 11.8 Å². The number of hydrogen-bond donors (Lipinski definition) is 2. The highest BCUT2D eigenvalue weighted by atomic mass is 32.2. The van der Waals surface area contributed by atoms with E-state index in [1.165, 1.54) is 0 Å². The predicted molar refractivity (Wildman–Crippen MR) is 123 cm³/mol. The van der Waals surface area contributed by atoms with E-state index in [0.29, 0.717) is 18.2 Å². The van der Waals surface area contributed by atoms with E-state index in [2.05, 4.69) is 15.0 Å². The Labute approximate surface area is 222 Å². The van der Waals surface area contributed by atoms with Crippen LogP contribution in [0.2, 0.25) is 0 Å². The summed E-state index contributed by atoms with van der Waals surface area (Å²) in [5, 5.41) is 3.97. The number of nitrogens with one attached hydrogen (secondary N) is 2. The van der Waals surface area contributed by atoms with E-state index in [4.69, 9.17) is 0 Å². The Morgan fingerprint density at radius 3 is 2.38 bits per heavy atom. The van der Waals surface area contributed by atoms with Crippen molar-refractivity contribution in [2.45, 2.75) is 37.3 Å². The van der Waals surface area contributed by atoms with Gasteiger partial charge in [0.25, 0.3) is 0 Å². The van der Waals surface area contributed by atoms with Crippen LogP contribution in [0.15, 0.2) is 47.7 Å². The van der Waals surface area contributed by atoms with Crippen molar-refractivity contribution in [2.24, 2.45) is 5.92 Å². The van der Waals surface area contributed by atoms with Crippen LogP contribution < -0.4 is 15.4 Å². The van der Waals surface area contributed by atoms with Crippen molar-refractivity contribution >= 4 is 27.2 Å². The first-order chi connectivity index (χ1) is 18.3. The summed E-state index contributed by atoms with van der Waals surface area (Å²) in [6.07, 6.45) is -8.57. The van der Waals surface area contributed by atoms with Gasteiger partial charge < -0.3 is 15.4 Å². The second-order valence-electron chi connectivity index (χ2n) is 9.02. The highest BCUT2D eigenvalue weighted by Crippen LogP contribution is 2.49. The van der Waals surface area contributed by atoms with Gasteiger partial charge in [0.05, 0.1) is 17.5 Å². The fourth-order valence-electron chi connectivity index (χ4n) is 4.29. The molecule has 1 aliphatic carbocycles. The Morgan fingerprint density at radius 1 is 1.23 bits per heavy atom. The van der Waals surface area contributed by atoms with Crippen molar-refractivity contribution in [3.63, 3.8) is 0 Å². The average molecular weight is 603 g/mol. The smallest absolute Gasteiger partial charge is 0.416 e. The molecule has 2 N–H and O–H groups in total. The molecule has 2 aliphatic rings. The quantitative estimate of drug-likeness (QED) is 0.440.